The standard InChI is InChI=1S/C27H27N3O2S/c1-19(2)21-10-12-22(13-11-21)26-28-15-14-25(29-26)30(18-24-5-4-16-33-24)17-20-6-8-23(9-7-20)27(31)32-3/h4-16,19H,17-18H2,1-3H3. The molecule has 0 bridgehead atoms. The molecule has 0 amide bonds. The predicted octanol–water partition coefficient (Wildman–Crippen LogP) is 6.32. The van der Waals surface area contributed by atoms with Gasteiger partial charge < -0.3 is 9.64 Å². The third-order valence-electron chi connectivity index (χ3n) is 5.48. The molecule has 6 heteroatoms. The number of hydrogen-bond acceptors (Lipinski definition) is 6. The van der Waals surface area contributed by atoms with Crippen molar-refractivity contribution < 1.29 is 9.53 Å². The van der Waals surface area contributed by atoms with Gasteiger partial charge in [-0.3, -0.25) is 0 Å². The molecule has 0 aliphatic rings. The fourth-order valence-electron chi connectivity index (χ4n) is 3.57. The van der Waals surface area contributed by atoms with E-state index in [1.54, 1.807) is 23.5 Å². The van der Waals surface area contributed by atoms with Crippen LogP contribution >= 0.6 is 11.3 Å². The Labute approximate surface area is 198 Å². The van der Waals surface area contributed by atoms with E-state index < -0.39 is 0 Å². The van der Waals surface area contributed by atoms with Crippen molar-refractivity contribution in [3.63, 3.8) is 0 Å². The lowest BCUT2D eigenvalue weighted by Crippen LogP contribution is -2.23. The molecule has 2 heterocycles. The van der Waals surface area contributed by atoms with Crippen LogP contribution in [0.25, 0.3) is 11.4 Å². The van der Waals surface area contributed by atoms with Crippen LogP contribution in [0.4, 0.5) is 5.82 Å². The van der Waals surface area contributed by atoms with Gasteiger partial charge in [-0.25, -0.2) is 14.8 Å². The van der Waals surface area contributed by atoms with Crippen molar-refractivity contribution in [3.05, 3.63) is 99.9 Å². The molecule has 2 aromatic carbocycles. The lowest BCUT2D eigenvalue weighted by Gasteiger charge is -2.24. The van der Waals surface area contributed by atoms with Gasteiger partial charge in [0, 0.05) is 23.2 Å². The minimum Gasteiger partial charge on any atom is -0.465 e. The van der Waals surface area contributed by atoms with E-state index in [-0.39, 0.29) is 5.97 Å². The molecule has 0 spiro atoms. The maximum Gasteiger partial charge on any atom is 0.337 e. The van der Waals surface area contributed by atoms with Gasteiger partial charge in [0.05, 0.1) is 19.2 Å². The van der Waals surface area contributed by atoms with Gasteiger partial charge in [0.25, 0.3) is 0 Å². The molecule has 168 valence electrons. The van der Waals surface area contributed by atoms with E-state index >= 15 is 0 Å². The first kappa shape index (κ1) is 22.7. The van der Waals surface area contributed by atoms with Crippen molar-refractivity contribution in [3.8, 4) is 11.4 Å². The van der Waals surface area contributed by atoms with E-state index in [9.17, 15) is 4.79 Å². The number of rotatable bonds is 8. The van der Waals surface area contributed by atoms with Crippen LogP contribution in [-0.4, -0.2) is 23.0 Å². The van der Waals surface area contributed by atoms with Crippen molar-refractivity contribution in [1.82, 2.24) is 9.97 Å². The molecule has 0 radical (unpaired) electrons. The van der Waals surface area contributed by atoms with Crippen LogP contribution in [0.1, 0.15) is 46.1 Å². The highest BCUT2D eigenvalue weighted by atomic mass is 32.1. The fraction of sp³-hybridized carbons (Fsp3) is 0.222. The van der Waals surface area contributed by atoms with E-state index in [1.165, 1.54) is 17.6 Å². The summed E-state index contributed by atoms with van der Waals surface area (Å²) in [6.45, 7) is 5.76. The zero-order chi connectivity index (χ0) is 23.2. The van der Waals surface area contributed by atoms with Gasteiger partial charge in [-0.1, -0.05) is 56.3 Å². The molecule has 5 nitrogen and oxygen atoms in total. The summed E-state index contributed by atoms with van der Waals surface area (Å²) in [5.74, 6) is 1.72. The Balaban J connectivity index is 1.62. The fourth-order valence-corrected chi connectivity index (χ4v) is 4.29. The lowest BCUT2D eigenvalue weighted by molar-refractivity contribution is 0.0600. The first-order chi connectivity index (χ1) is 16.0. The molecule has 0 aliphatic heterocycles. The van der Waals surface area contributed by atoms with Crippen LogP contribution in [0.3, 0.4) is 0 Å². The molecular formula is C27H27N3O2S. The van der Waals surface area contributed by atoms with Crippen molar-refractivity contribution in [2.45, 2.75) is 32.9 Å². The Morgan fingerprint density at radius 2 is 1.76 bits per heavy atom. The summed E-state index contributed by atoms with van der Waals surface area (Å²) in [5, 5.41) is 2.08. The monoisotopic (exact) mass is 457 g/mol. The highest BCUT2D eigenvalue weighted by molar-refractivity contribution is 7.09. The van der Waals surface area contributed by atoms with Gasteiger partial charge in [-0.05, 0) is 46.7 Å². The SMILES string of the molecule is COC(=O)c1ccc(CN(Cc2cccs2)c2ccnc(-c3ccc(C(C)C)cc3)n2)cc1. The molecule has 0 saturated carbocycles. The van der Waals surface area contributed by atoms with Gasteiger partial charge in [0.2, 0.25) is 0 Å². The Morgan fingerprint density at radius 3 is 2.39 bits per heavy atom. The Morgan fingerprint density at radius 1 is 1.00 bits per heavy atom. The van der Waals surface area contributed by atoms with Crippen LogP contribution in [0.15, 0.2) is 78.3 Å². The summed E-state index contributed by atoms with van der Waals surface area (Å²) < 4.78 is 4.81. The molecule has 2 aromatic heterocycles. The first-order valence-electron chi connectivity index (χ1n) is 10.9. The summed E-state index contributed by atoms with van der Waals surface area (Å²) in [6, 6.07) is 22.1. The van der Waals surface area contributed by atoms with Gasteiger partial charge in [-0.15, -0.1) is 11.3 Å². The molecular weight excluding hydrogens is 430 g/mol. The smallest absolute Gasteiger partial charge is 0.337 e. The van der Waals surface area contributed by atoms with Gasteiger partial charge in [-0.2, -0.15) is 0 Å². The number of esters is 1. The summed E-state index contributed by atoms with van der Waals surface area (Å²) >= 11 is 1.72. The number of carbonyl (C=O) groups is 1. The number of ether oxygens (including phenoxy) is 1. The van der Waals surface area contributed by atoms with E-state index in [0.717, 1.165) is 23.5 Å². The molecule has 4 aromatic rings. The molecule has 0 atom stereocenters. The maximum atomic E-state index is 11.8. The molecule has 0 saturated heterocycles. The molecule has 4 rings (SSSR count). The Kier molecular flexibility index (Phi) is 7.15. The average molecular weight is 458 g/mol. The highest BCUT2D eigenvalue weighted by Gasteiger charge is 2.14. The van der Waals surface area contributed by atoms with Crippen LogP contribution < -0.4 is 4.90 Å². The number of nitrogens with zero attached hydrogens (tertiary/aromatic N) is 3. The van der Waals surface area contributed by atoms with E-state index in [4.69, 9.17) is 9.72 Å². The highest BCUT2D eigenvalue weighted by Crippen LogP contribution is 2.25. The first-order valence-corrected chi connectivity index (χ1v) is 11.8. The number of carbonyl (C=O) groups excluding carboxylic acids is 1. The molecule has 0 aliphatic carbocycles. The van der Waals surface area contributed by atoms with Gasteiger partial charge in [0.15, 0.2) is 5.82 Å². The second-order valence-corrected chi connectivity index (χ2v) is 9.17. The van der Waals surface area contributed by atoms with E-state index in [2.05, 4.69) is 65.5 Å². The third kappa shape index (κ3) is 5.65. The summed E-state index contributed by atoms with van der Waals surface area (Å²) in [4.78, 5) is 24.7. The predicted molar refractivity (Wildman–Crippen MR) is 134 cm³/mol. The van der Waals surface area contributed by atoms with Crippen molar-refractivity contribution in [1.29, 1.82) is 0 Å². The summed E-state index contributed by atoms with van der Waals surface area (Å²) in [6.07, 6.45) is 1.82. The second kappa shape index (κ2) is 10.4. The number of methoxy groups -OCH3 is 1. The lowest BCUT2D eigenvalue weighted by atomic mass is 10.0. The van der Waals surface area contributed by atoms with Crippen molar-refractivity contribution in [2.75, 3.05) is 12.0 Å². The van der Waals surface area contributed by atoms with Crippen LogP contribution in [0, 0.1) is 0 Å². The Bertz CT molecular complexity index is 1190. The van der Waals surface area contributed by atoms with Crippen LogP contribution in [0.2, 0.25) is 0 Å². The van der Waals surface area contributed by atoms with Gasteiger partial charge in [0.1, 0.15) is 5.82 Å². The zero-order valence-electron chi connectivity index (χ0n) is 19.1. The molecule has 0 unspecified atom stereocenters. The number of hydrogen-bond donors (Lipinski definition) is 0. The van der Waals surface area contributed by atoms with Crippen molar-refractivity contribution in [2.24, 2.45) is 0 Å². The third-order valence-corrected chi connectivity index (χ3v) is 6.34. The summed E-state index contributed by atoms with van der Waals surface area (Å²) in [5.41, 5.74) is 3.92. The molecule has 33 heavy (non-hydrogen) atoms. The van der Waals surface area contributed by atoms with Crippen molar-refractivity contribution >= 4 is 23.1 Å². The van der Waals surface area contributed by atoms with E-state index in [0.29, 0.717) is 23.9 Å². The molecule has 0 fully saturated rings. The quantitative estimate of drug-likeness (QED) is 0.290. The largest absolute Gasteiger partial charge is 0.465 e. The Hall–Kier alpha value is -3.51. The van der Waals surface area contributed by atoms with Crippen LogP contribution in [-0.2, 0) is 17.8 Å². The van der Waals surface area contributed by atoms with E-state index in [1.807, 2.05) is 24.4 Å². The molecule has 0 N–H and O–H groups in total. The number of benzene rings is 2. The van der Waals surface area contributed by atoms with Crippen LogP contribution in [0.5, 0.6) is 0 Å². The second-order valence-electron chi connectivity index (χ2n) is 8.14. The summed E-state index contributed by atoms with van der Waals surface area (Å²) in [7, 11) is 1.39. The number of thiophene rings is 1. The maximum absolute atomic E-state index is 11.8. The topological polar surface area (TPSA) is 55.3 Å². The zero-order valence-corrected chi connectivity index (χ0v) is 19.9. The minimum atomic E-state index is -0.332. The van der Waals surface area contributed by atoms with Gasteiger partial charge >= 0.3 is 5.97 Å². The number of anilines is 1. The number of aromatic nitrogens is 2. The normalized spacial score (nSPS) is 10.9. The average Bonchev–Trinajstić information content (AvgIpc) is 3.37. The minimum absolute atomic E-state index is 0.332.